The molecule has 180 valence electrons. The Kier molecular flexibility index (Phi) is 5.64. The quantitative estimate of drug-likeness (QED) is 0.362. The zero-order valence-electron chi connectivity index (χ0n) is 19.8. The average Bonchev–Trinajstić information content (AvgIpc) is 3.41. The number of rotatable bonds is 6. The number of aromatic nitrogens is 5. The lowest BCUT2D eigenvalue weighted by Gasteiger charge is -2.12. The number of benzene rings is 2. The van der Waals surface area contributed by atoms with Crippen LogP contribution in [-0.4, -0.2) is 37.3 Å². The monoisotopic (exact) mass is 493 g/mol. The summed E-state index contributed by atoms with van der Waals surface area (Å²) in [4.78, 5) is 30.2. The number of imidazole rings is 2. The van der Waals surface area contributed by atoms with Crippen LogP contribution < -0.4 is 20.7 Å². The summed E-state index contributed by atoms with van der Waals surface area (Å²) in [5, 5.41) is 0.635. The Balaban J connectivity index is 1.69. The van der Waals surface area contributed by atoms with E-state index >= 15 is 0 Å². The van der Waals surface area contributed by atoms with Gasteiger partial charge in [-0.2, -0.15) is 4.98 Å². The molecule has 5 rings (SSSR count). The van der Waals surface area contributed by atoms with E-state index in [1.54, 1.807) is 25.7 Å². The molecule has 0 saturated heterocycles. The van der Waals surface area contributed by atoms with E-state index in [0.717, 1.165) is 21.4 Å². The van der Waals surface area contributed by atoms with Crippen molar-refractivity contribution in [2.45, 2.75) is 13.0 Å². The standard InChI is InChI=1S/C25H24ClN5O4/c1-28-22-21(23(32)29(2)25(28)33)31-14-18(16-6-8-17(26)9-7-16)30(24(31)27-22)12-11-15-5-10-19(34-3)20(13-15)35-4/h5-10,13-14H,11-12H2,1-4H3. The van der Waals surface area contributed by atoms with Crippen LogP contribution in [0.4, 0.5) is 0 Å². The number of hydrogen-bond donors (Lipinski definition) is 0. The molecule has 0 aliphatic rings. The Labute approximate surface area is 205 Å². The first-order chi connectivity index (χ1) is 16.8. The van der Waals surface area contributed by atoms with Gasteiger partial charge in [-0.3, -0.25) is 18.3 Å². The maximum absolute atomic E-state index is 13.0. The van der Waals surface area contributed by atoms with Gasteiger partial charge in [0.1, 0.15) is 0 Å². The maximum Gasteiger partial charge on any atom is 0.332 e. The van der Waals surface area contributed by atoms with E-state index in [1.165, 1.54) is 11.6 Å². The zero-order chi connectivity index (χ0) is 24.9. The first kappa shape index (κ1) is 22.8. The Hall–Kier alpha value is -3.98. The van der Waals surface area contributed by atoms with Crippen LogP contribution in [0.15, 0.2) is 58.3 Å². The molecular weight excluding hydrogens is 470 g/mol. The van der Waals surface area contributed by atoms with Gasteiger partial charge in [-0.25, -0.2) is 4.79 Å². The van der Waals surface area contributed by atoms with E-state index in [1.807, 2.05) is 53.2 Å². The third kappa shape index (κ3) is 3.68. The molecule has 10 heteroatoms. The van der Waals surface area contributed by atoms with Crippen molar-refractivity contribution in [3.63, 3.8) is 0 Å². The highest BCUT2D eigenvalue weighted by molar-refractivity contribution is 6.30. The van der Waals surface area contributed by atoms with Gasteiger partial charge in [0.2, 0.25) is 5.78 Å². The minimum absolute atomic E-state index is 0.343. The molecular formula is C25H24ClN5O4. The lowest BCUT2D eigenvalue weighted by Crippen LogP contribution is -2.37. The van der Waals surface area contributed by atoms with E-state index in [9.17, 15) is 9.59 Å². The molecule has 3 aromatic heterocycles. The summed E-state index contributed by atoms with van der Waals surface area (Å²) in [6.45, 7) is 0.571. The Morgan fingerprint density at radius 3 is 2.34 bits per heavy atom. The number of hydrogen-bond acceptors (Lipinski definition) is 5. The fourth-order valence-electron chi connectivity index (χ4n) is 4.36. The molecule has 0 radical (unpaired) electrons. The Bertz CT molecular complexity index is 1690. The maximum atomic E-state index is 13.0. The van der Waals surface area contributed by atoms with Crippen LogP contribution in [0.3, 0.4) is 0 Å². The van der Waals surface area contributed by atoms with Gasteiger partial charge < -0.3 is 14.0 Å². The Morgan fingerprint density at radius 1 is 0.943 bits per heavy atom. The lowest BCUT2D eigenvalue weighted by atomic mass is 10.1. The van der Waals surface area contributed by atoms with Crippen molar-refractivity contribution in [1.29, 1.82) is 0 Å². The number of halogens is 1. The van der Waals surface area contributed by atoms with Crippen molar-refractivity contribution < 1.29 is 9.47 Å². The minimum atomic E-state index is -0.418. The normalized spacial score (nSPS) is 11.5. The van der Waals surface area contributed by atoms with Gasteiger partial charge in [-0.15, -0.1) is 0 Å². The molecule has 0 N–H and O–H groups in total. The van der Waals surface area contributed by atoms with E-state index in [0.29, 0.717) is 46.4 Å². The van der Waals surface area contributed by atoms with Crippen LogP contribution >= 0.6 is 11.6 Å². The summed E-state index contributed by atoms with van der Waals surface area (Å²) >= 11 is 6.12. The first-order valence-corrected chi connectivity index (χ1v) is 11.4. The molecule has 0 aliphatic carbocycles. The van der Waals surface area contributed by atoms with Crippen molar-refractivity contribution in [3.8, 4) is 22.8 Å². The van der Waals surface area contributed by atoms with Gasteiger partial charge in [0, 0.05) is 31.9 Å². The molecule has 0 spiro atoms. The third-order valence-electron chi connectivity index (χ3n) is 6.27. The number of methoxy groups -OCH3 is 2. The topological polar surface area (TPSA) is 84.7 Å². The zero-order valence-corrected chi connectivity index (χ0v) is 20.5. The molecule has 3 heterocycles. The highest BCUT2D eigenvalue weighted by Gasteiger charge is 2.21. The molecule has 9 nitrogen and oxygen atoms in total. The predicted molar refractivity (Wildman–Crippen MR) is 135 cm³/mol. The summed E-state index contributed by atoms with van der Waals surface area (Å²) in [6.07, 6.45) is 2.56. The van der Waals surface area contributed by atoms with Crippen molar-refractivity contribution in [3.05, 3.63) is 80.1 Å². The van der Waals surface area contributed by atoms with Gasteiger partial charge in [-0.1, -0.05) is 29.8 Å². The smallest absolute Gasteiger partial charge is 0.332 e. The number of aryl methyl sites for hydroxylation is 3. The lowest BCUT2D eigenvalue weighted by molar-refractivity contribution is 0.354. The summed E-state index contributed by atoms with van der Waals surface area (Å²) < 4.78 is 17.1. The molecule has 0 amide bonds. The highest BCUT2D eigenvalue weighted by Crippen LogP contribution is 2.30. The van der Waals surface area contributed by atoms with Crippen LogP contribution in [-0.2, 0) is 27.1 Å². The molecule has 5 aromatic rings. The summed E-state index contributed by atoms with van der Waals surface area (Å²) in [7, 11) is 6.30. The number of nitrogens with zero attached hydrogens (tertiary/aromatic N) is 5. The Morgan fingerprint density at radius 2 is 1.66 bits per heavy atom. The van der Waals surface area contributed by atoms with E-state index < -0.39 is 11.2 Å². The largest absolute Gasteiger partial charge is 0.493 e. The van der Waals surface area contributed by atoms with Crippen LogP contribution in [0.25, 0.3) is 28.2 Å². The van der Waals surface area contributed by atoms with Gasteiger partial charge in [0.25, 0.3) is 5.56 Å². The molecule has 0 aliphatic heterocycles. The van der Waals surface area contributed by atoms with Gasteiger partial charge in [0.15, 0.2) is 22.7 Å². The molecule has 0 saturated carbocycles. The highest BCUT2D eigenvalue weighted by atomic mass is 35.5. The van der Waals surface area contributed by atoms with Crippen molar-refractivity contribution in [2.75, 3.05) is 14.2 Å². The van der Waals surface area contributed by atoms with Crippen LogP contribution in [0.2, 0.25) is 5.02 Å². The number of fused-ring (bicyclic) bond motifs is 3. The average molecular weight is 494 g/mol. The predicted octanol–water partition coefficient (Wildman–Crippen LogP) is 3.27. The molecule has 0 fully saturated rings. The second-order valence-corrected chi connectivity index (χ2v) is 8.71. The SMILES string of the molecule is COc1ccc(CCn2c(-c3ccc(Cl)cc3)cn3c4c(=O)n(C)c(=O)n(C)c4nc23)cc1OC. The summed E-state index contributed by atoms with van der Waals surface area (Å²) in [5.74, 6) is 1.90. The molecule has 35 heavy (non-hydrogen) atoms. The van der Waals surface area contributed by atoms with Gasteiger partial charge >= 0.3 is 5.69 Å². The van der Waals surface area contributed by atoms with Gasteiger partial charge in [-0.05, 0) is 41.8 Å². The fraction of sp³-hybridized carbons (Fsp3) is 0.240. The number of ether oxygens (including phenoxy) is 2. The van der Waals surface area contributed by atoms with E-state index in [4.69, 9.17) is 26.1 Å². The van der Waals surface area contributed by atoms with Gasteiger partial charge in [0.05, 0.1) is 19.9 Å². The molecule has 2 aromatic carbocycles. The van der Waals surface area contributed by atoms with Crippen molar-refractivity contribution in [2.24, 2.45) is 14.1 Å². The fourth-order valence-corrected chi connectivity index (χ4v) is 4.49. The summed E-state index contributed by atoms with van der Waals surface area (Å²) in [5.41, 5.74) is 2.74. The summed E-state index contributed by atoms with van der Waals surface area (Å²) in [6, 6.07) is 13.3. The van der Waals surface area contributed by atoms with E-state index in [-0.39, 0.29) is 0 Å². The minimum Gasteiger partial charge on any atom is -0.493 e. The van der Waals surface area contributed by atoms with Crippen molar-refractivity contribution >= 4 is 28.5 Å². The van der Waals surface area contributed by atoms with E-state index in [2.05, 4.69) is 0 Å². The second kappa shape index (κ2) is 8.66. The molecule has 0 unspecified atom stereocenters. The molecule has 0 atom stereocenters. The third-order valence-corrected chi connectivity index (χ3v) is 6.52. The van der Waals surface area contributed by atoms with Crippen LogP contribution in [0, 0.1) is 0 Å². The van der Waals surface area contributed by atoms with Crippen molar-refractivity contribution in [1.82, 2.24) is 23.1 Å². The van der Waals surface area contributed by atoms with Crippen LogP contribution in [0.5, 0.6) is 11.5 Å². The van der Waals surface area contributed by atoms with Crippen LogP contribution in [0.1, 0.15) is 5.56 Å². The second-order valence-electron chi connectivity index (χ2n) is 8.27. The molecule has 0 bridgehead atoms. The first-order valence-electron chi connectivity index (χ1n) is 11.0.